The van der Waals surface area contributed by atoms with Crippen LogP contribution in [0.4, 0.5) is 5.88 Å². The largest absolute Gasteiger partial charge is 0.484 e. The minimum absolute atomic E-state index is 0.0875. The Labute approximate surface area is 192 Å². The standard InChI is InChI=1S/C23H20N2O5S2/c24-21(27)13-29-15-4-5-18-20(12-15)31-19-3-1-2-16(23(19)32-18)17-10-14(26)11-22(30-17)25-6-8-28-9-7-25/h1-5,10-12H,6-9,13H2,(H2,24,27). The number of ether oxygens (including phenoxy) is 2. The number of amides is 1. The molecule has 9 heteroatoms. The third kappa shape index (κ3) is 4.36. The Kier molecular flexibility index (Phi) is 5.86. The third-order valence-corrected chi connectivity index (χ3v) is 7.65. The number of nitrogens with two attached hydrogens (primary N) is 1. The fraction of sp³-hybridized carbons (Fsp3) is 0.217. The lowest BCUT2D eigenvalue weighted by atomic mass is 10.1. The first-order valence-corrected chi connectivity index (χ1v) is 11.7. The number of benzene rings is 2. The number of carbonyl (C=O) groups excluding carboxylic acids is 1. The summed E-state index contributed by atoms with van der Waals surface area (Å²) >= 11 is 3.23. The topological polar surface area (TPSA) is 95.0 Å². The Balaban J connectivity index is 1.48. The monoisotopic (exact) mass is 468 g/mol. The summed E-state index contributed by atoms with van der Waals surface area (Å²) in [6.45, 7) is 2.46. The van der Waals surface area contributed by atoms with Gasteiger partial charge in [-0.1, -0.05) is 35.7 Å². The zero-order valence-corrected chi connectivity index (χ0v) is 18.7. The van der Waals surface area contributed by atoms with E-state index in [0.29, 0.717) is 43.7 Å². The van der Waals surface area contributed by atoms with Gasteiger partial charge in [-0.3, -0.25) is 9.59 Å². The summed E-state index contributed by atoms with van der Waals surface area (Å²) in [4.78, 5) is 29.7. The van der Waals surface area contributed by atoms with E-state index in [-0.39, 0.29) is 12.0 Å². The van der Waals surface area contributed by atoms with Gasteiger partial charge < -0.3 is 24.5 Å². The molecule has 0 atom stereocenters. The van der Waals surface area contributed by atoms with Crippen LogP contribution < -0.4 is 20.8 Å². The van der Waals surface area contributed by atoms with E-state index >= 15 is 0 Å². The van der Waals surface area contributed by atoms with Crippen LogP contribution in [0.1, 0.15) is 0 Å². The van der Waals surface area contributed by atoms with Gasteiger partial charge in [-0.15, -0.1) is 0 Å². The molecule has 2 N–H and O–H groups in total. The summed E-state index contributed by atoms with van der Waals surface area (Å²) in [6.07, 6.45) is 0. The first kappa shape index (κ1) is 21.0. The molecule has 2 aromatic carbocycles. The number of primary amides is 1. The number of morpholine rings is 1. The van der Waals surface area contributed by atoms with E-state index in [9.17, 15) is 9.59 Å². The van der Waals surface area contributed by atoms with Gasteiger partial charge in [-0.25, -0.2) is 0 Å². The molecule has 0 saturated carbocycles. The minimum atomic E-state index is -0.513. The molecule has 32 heavy (non-hydrogen) atoms. The van der Waals surface area contributed by atoms with Gasteiger partial charge in [0.2, 0.25) is 0 Å². The Morgan fingerprint density at radius 3 is 2.69 bits per heavy atom. The van der Waals surface area contributed by atoms with Crippen molar-refractivity contribution in [2.24, 2.45) is 5.73 Å². The summed E-state index contributed by atoms with van der Waals surface area (Å²) in [5.74, 6) is 1.20. The van der Waals surface area contributed by atoms with Crippen molar-refractivity contribution in [2.75, 3.05) is 37.8 Å². The molecule has 3 aromatic rings. The molecule has 0 unspecified atom stereocenters. The van der Waals surface area contributed by atoms with Crippen molar-refractivity contribution >= 4 is 35.3 Å². The maximum absolute atomic E-state index is 12.5. The number of hydrogen-bond acceptors (Lipinski definition) is 8. The van der Waals surface area contributed by atoms with Crippen molar-refractivity contribution in [3.05, 3.63) is 58.8 Å². The molecule has 0 radical (unpaired) electrons. The SMILES string of the molecule is NC(=O)COc1ccc2c(c1)Sc1cccc(-c3cc(=O)cc(N4CCOCC4)o3)c1S2. The molecule has 1 saturated heterocycles. The highest BCUT2D eigenvalue weighted by Crippen LogP contribution is 2.52. The van der Waals surface area contributed by atoms with Crippen molar-refractivity contribution in [3.8, 4) is 17.1 Å². The maximum atomic E-state index is 12.5. The Morgan fingerprint density at radius 1 is 1.03 bits per heavy atom. The summed E-state index contributed by atoms with van der Waals surface area (Å²) in [5.41, 5.74) is 5.96. The minimum Gasteiger partial charge on any atom is -0.484 e. The molecule has 1 fully saturated rings. The smallest absolute Gasteiger partial charge is 0.255 e. The van der Waals surface area contributed by atoms with E-state index in [1.807, 2.05) is 41.3 Å². The second-order valence-corrected chi connectivity index (χ2v) is 9.43. The van der Waals surface area contributed by atoms with Gasteiger partial charge in [0.25, 0.3) is 5.91 Å². The van der Waals surface area contributed by atoms with Gasteiger partial charge in [-0.05, 0) is 24.3 Å². The summed E-state index contributed by atoms with van der Waals surface area (Å²) in [7, 11) is 0. The third-order valence-electron chi connectivity index (χ3n) is 5.05. The van der Waals surface area contributed by atoms with Crippen LogP contribution in [0.25, 0.3) is 11.3 Å². The van der Waals surface area contributed by atoms with Crippen molar-refractivity contribution in [3.63, 3.8) is 0 Å². The van der Waals surface area contributed by atoms with Crippen LogP contribution in [-0.2, 0) is 9.53 Å². The van der Waals surface area contributed by atoms with Crippen LogP contribution in [0, 0.1) is 0 Å². The van der Waals surface area contributed by atoms with Crippen LogP contribution in [0.2, 0.25) is 0 Å². The molecule has 1 amide bonds. The maximum Gasteiger partial charge on any atom is 0.255 e. The molecule has 164 valence electrons. The van der Waals surface area contributed by atoms with E-state index in [1.54, 1.807) is 29.6 Å². The highest BCUT2D eigenvalue weighted by molar-refractivity contribution is 8.05. The Hall–Kier alpha value is -2.88. The van der Waals surface area contributed by atoms with Crippen LogP contribution >= 0.6 is 23.5 Å². The van der Waals surface area contributed by atoms with Crippen LogP contribution in [0.5, 0.6) is 5.75 Å². The van der Waals surface area contributed by atoms with Gasteiger partial charge in [0.05, 0.1) is 13.2 Å². The predicted octanol–water partition coefficient (Wildman–Crippen LogP) is 3.62. The van der Waals surface area contributed by atoms with E-state index in [4.69, 9.17) is 19.6 Å². The highest BCUT2D eigenvalue weighted by Gasteiger charge is 2.23. The highest BCUT2D eigenvalue weighted by atomic mass is 32.2. The van der Waals surface area contributed by atoms with Crippen molar-refractivity contribution in [1.29, 1.82) is 0 Å². The zero-order chi connectivity index (χ0) is 22.1. The number of anilines is 1. The molecule has 0 bridgehead atoms. The van der Waals surface area contributed by atoms with Gasteiger partial charge in [0.1, 0.15) is 11.5 Å². The molecule has 0 spiro atoms. The molecule has 2 aliphatic rings. The van der Waals surface area contributed by atoms with Crippen molar-refractivity contribution in [2.45, 2.75) is 19.6 Å². The first-order chi connectivity index (χ1) is 15.6. The second-order valence-electron chi connectivity index (χ2n) is 7.30. The van der Waals surface area contributed by atoms with Crippen molar-refractivity contribution in [1.82, 2.24) is 0 Å². The summed E-state index contributed by atoms with van der Waals surface area (Å²) in [6, 6.07) is 14.7. The first-order valence-electron chi connectivity index (χ1n) is 10.1. The molecule has 1 aromatic heterocycles. The average molecular weight is 469 g/mol. The number of fused-ring (bicyclic) bond motifs is 2. The summed E-state index contributed by atoms with van der Waals surface area (Å²) < 4.78 is 17.0. The number of hydrogen-bond donors (Lipinski definition) is 1. The van der Waals surface area contributed by atoms with Gasteiger partial charge in [0, 0.05) is 50.4 Å². The van der Waals surface area contributed by atoms with Gasteiger partial charge >= 0.3 is 0 Å². The molecular formula is C23H20N2O5S2. The number of nitrogens with zero attached hydrogens (tertiary/aromatic N) is 1. The average Bonchev–Trinajstić information content (AvgIpc) is 2.81. The molecule has 0 aliphatic carbocycles. The van der Waals surface area contributed by atoms with E-state index in [0.717, 1.165) is 25.1 Å². The van der Waals surface area contributed by atoms with Crippen LogP contribution in [0.15, 0.2) is 77.3 Å². The van der Waals surface area contributed by atoms with Crippen molar-refractivity contribution < 1.29 is 18.7 Å². The molecule has 2 aliphatic heterocycles. The predicted molar refractivity (Wildman–Crippen MR) is 123 cm³/mol. The summed E-state index contributed by atoms with van der Waals surface area (Å²) in [5, 5.41) is 0. The Bertz CT molecular complexity index is 1240. The number of carbonyl (C=O) groups is 1. The zero-order valence-electron chi connectivity index (χ0n) is 17.0. The van der Waals surface area contributed by atoms with E-state index in [2.05, 4.69) is 0 Å². The van der Waals surface area contributed by atoms with E-state index < -0.39 is 5.91 Å². The lowest BCUT2D eigenvalue weighted by Crippen LogP contribution is -2.36. The van der Waals surface area contributed by atoms with Gasteiger partial charge in [-0.2, -0.15) is 0 Å². The van der Waals surface area contributed by atoms with Crippen LogP contribution in [-0.4, -0.2) is 38.8 Å². The van der Waals surface area contributed by atoms with Gasteiger partial charge in [0.15, 0.2) is 17.9 Å². The molecule has 3 heterocycles. The van der Waals surface area contributed by atoms with Crippen LogP contribution in [0.3, 0.4) is 0 Å². The van der Waals surface area contributed by atoms with E-state index in [1.165, 1.54) is 6.07 Å². The fourth-order valence-corrected chi connectivity index (χ4v) is 5.95. The lowest BCUT2D eigenvalue weighted by Gasteiger charge is -2.27. The second kappa shape index (κ2) is 8.93. The molecular weight excluding hydrogens is 448 g/mol. The lowest BCUT2D eigenvalue weighted by molar-refractivity contribution is -0.119. The molecule has 5 rings (SSSR count). The number of rotatable bonds is 5. The fourth-order valence-electron chi connectivity index (χ4n) is 3.56. The molecule has 7 nitrogen and oxygen atoms in total. The Morgan fingerprint density at radius 2 is 1.88 bits per heavy atom. The normalized spacial score (nSPS) is 15.1. The quantitative estimate of drug-likeness (QED) is 0.475.